The maximum Gasteiger partial charge on any atom is 0.338 e. The minimum Gasteiger partial charge on any atom is -0.457 e. The number of thioether (sulfide) groups is 1. The molecular formula is C30H32N4O4S. The number of amidine groups is 1. The third kappa shape index (κ3) is 5.63. The van der Waals surface area contributed by atoms with Gasteiger partial charge in [0, 0.05) is 38.8 Å². The highest BCUT2D eigenvalue weighted by molar-refractivity contribution is 8.16. The van der Waals surface area contributed by atoms with Crippen molar-refractivity contribution in [1.29, 1.82) is 0 Å². The number of hydrogen-bond acceptors (Lipinski definition) is 7. The first-order chi connectivity index (χ1) is 18.8. The van der Waals surface area contributed by atoms with Crippen LogP contribution in [0.3, 0.4) is 0 Å². The van der Waals surface area contributed by atoms with Gasteiger partial charge in [-0.05, 0) is 35.9 Å². The average molecular weight is 545 g/mol. The van der Waals surface area contributed by atoms with Crippen LogP contribution in [-0.4, -0.2) is 63.8 Å². The molecule has 0 aliphatic carbocycles. The van der Waals surface area contributed by atoms with Crippen LogP contribution in [0.5, 0.6) is 0 Å². The molecule has 2 amide bonds. The lowest BCUT2D eigenvalue weighted by atomic mass is 9.91. The summed E-state index contributed by atoms with van der Waals surface area (Å²) in [5.74, 6) is -0.397. The van der Waals surface area contributed by atoms with Gasteiger partial charge in [-0.1, -0.05) is 66.4 Å². The Hall–Kier alpha value is -3.85. The van der Waals surface area contributed by atoms with Crippen molar-refractivity contribution in [2.45, 2.75) is 39.8 Å². The van der Waals surface area contributed by atoms with E-state index in [0.29, 0.717) is 37.4 Å². The van der Waals surface area contributed by atoms with Gasteiger partial charge in [0.2, 0.25) is 11.8 Å². The van der Waals surface area contributed by atoms with Crippen molar-refractivity contribution in [3.8, 4) is 0 Å². The van der Waals surface area contributed by atoms with E-state index >= 15 is 0 Å². The first kappa shape index (κ1) is 26.7. The van der Waals surface area contributed by atoms with Crippen molar-refractivity contribution in [2.75, 3.05) is 26.2 Å². The van der Waals surface area contributed by atoms with Gasteiger partial charge < -0.3 is 19.4 Å². The Labute approximate surface area is 233 Å². The van der Waals surface area contributed by atoms with Crippen molar-refractivity contribution in [3.63, 3.8) is 0 Å². The molecule has 1 saturated heterocycles. The molecule has 202 valence electrons. The highest BCUT2D eigenvalue weighted by atomic mass is 32.2. The number of benzene rings is 2. The van der Waals surface area contributed by atoms with Crippen molar-refractivity contribution >= 4 is 34.7 Å². The van der Waals surface area contributed by atoms with Crippen LogP contribution in [-0.2, 0) is 25.7 Å². The summed E-state index contributed by atoms with van der Waals surface area (Å²) in [6.45, 7) is 7.68. The monoisotopic (exact) mass is 544 g/mol. The number of ether oxygens (including phenoxy) is 1. The number of amides is 2. The molecule has 5 rings (SSSR count). The number of aryl methyl sites for hydroxylation is 1. The van der Waals surface area contributed by atoms with Gasteiger partial charge in [0.25, 0.3) is 0 Å². The summed E-state index contributed by atoms with van der Waals surface area (Å²) in [5, 5.41) is 2.70. The molecule has 0 spiro atoms. The maximum absolute atomic E-state index is 13.6. The van der Waals surface area contributed by atoms with Crippen LogP contribution < -0.4 is 0 Å². The predicted octanol–water partition coefficient (Wildman–Crippen LogP) is 4.39. The fourth-order valence-corrected chi connectivity index (χ4v) is 6.12. The zero-order valence-electron chi connectivity index (χ0n) is 22.4. The standard InChI is InChI=1S/C30H32N4O4S/c1-20-9-7-8-12-25(20)28-27(29(37)38-18-23-10-5-4-6-11-23)21(2)31-30-34(28)24(19-39-30)17-26(36)33-15-13-32(14-16-33)22(3)35/h4-12,19,28H,13-18H2,1-3H3/t28-/m1/s1. The molecule has 3 heterocycles. The SMILES string of the molecule is CC(=O)N1CCN(C(=O)CC2=CSC3=NC(C)=C(C(=O)OCc4ccccc4)[C@@H](c4ccccc4C)N23)CC1. The van der Waals surface area contributed by atoms with Gasteiger partial charge in [-0.25, -0.2) is 9.79 Å². The Morgan fingerprint density at radius 1 is 0.949 bits per heavy atom. The highest BCUT2D eigenvalue weighted by Crippen LogP contribution is 2.45. The van der Waals surface area contributed by atoms with E-state index < -0.39 is 12.0 Å². The second kappa shape index (κ2) is 11.5. The van der Waals surface area contributed by atoms with Crippen molar-refractivity contribution in [3.05, 3.63) is 93.7 Å². The summed E-state index contributed by atoms with van der Waals surface area (Å²) in [6.07, 6.45) is 0.180. The maximum atomic E-state index is 13.6. The third-order valence-electron chi connectivity index (χ3n) is 7.33. The smallest absolute Gasteiger partial charge is 0.338 e. The Kier molecular flexibility index (Phi) is 7.88. The summed E-state index contributed by atoms with van der Waals surface area (Å²) in [5.41, 5.74) is 4.79. The largest absolute Gasteiger partial charge is 0.457 e. The first-order valence-corrected chi connectivity index (χ1v) is 14.0. The molecule has 39 heavy (non-hydrogen) atoms. The number of hydrogen-bond donors (Lipinski definition) is 0. The quantitative estimate of drug-likeness (QED) is 0.502. The molecule has 2 aromatic carbocycles. The molecule has 9 heteroatoms. The van der Waals surface area contributed by atoms with Crippen LogP contribution in [0.2, 0.25) is 0 Å². The van der Waals surface area contributed by atoms with Crippen LogP contribution >= 0.6 is 11.8 Å². The number of rotatable bonds is 6. The van der Waals surface area contributed by atoms with Crippen LogP contribution in [0.1, 0.15) is 43.0 Å². The van der Waals surface area contributed by atoms with Crippen molar-refractivity contribution < 1.29 is 19.1 Å². The van der Waals surface area contributed by atoms with Gasteiger partial charge in [-0.15, -0.1) is 0 Å². The van der Waals surface area contributed by atoms with E-state index in [9.17, 15) is 14.4 Å². The number of piperazine rings is 1. The van der Waals surface area contributed by atoms with E-state index in [-0.39, 0.29) is 24.8 Å². The third-order valence-corrected chi connectivity index (χ3v) is 8.22. The van der Waals surface area contributed by atoms with Gasteiger partial charge in [0.1, 0.15) is 6.61 Å². The molecule has 0 aromatic heterocycles. The van der Waals surface area contributed by atoms with E-state index in [1.807, 2.05) is 83.7 Å². The minimum absolute atomic E-state index is 0.00526. The molecule has 0 bridgehead atoms. The van der Waals surface area contributed by atoms with Gasteiger partial charge >= 0.3 is 5.97 Å². The minimum atomic E-state index is -0.467. The number of fused-ring (bicyclic) bond motifs is 1. The molecule has 0 saturated carbocycles. The van der Waals surface area contributed by atoms with Gasteiger partial charge in [0.05, 0.1) is 23.7 Å². The second-order valence-corrected chi connectivity index (χ2v) is 10.7. The fourth-order valence-electron chi connectivity index (χ4n) is 5.16. The van der Waals surface area contributed by atoms with Crippen LogP contribution in [0.15, 0.2) is 82.0 Å². The zero-order valence-corrected chi connectivity index (χ0v) is 23.2. The van der Waals surface area contributed by atoms with E-state index in [0.717, 1.165) is 27.6 Å². The molecule has 0 N–H and O–H groups in total. The number of allylic oxidation sites excluding steroid dienone is 1. The van der Waals surface area contributed by atoms with Crippen LogP contribution in [0.25, 0.3) is 0 Å². The number of nitrogens with zero attached hydrogens (tertiary/aromatic N) is 4. The molecule has 2 aromatic rings. The normalized spacial score (nSPS) is 18.9. The highest BCUT2D eigenvalue weighted by Gasteiger charge is 2.42. The summed E-state index contributed by atoms with van der Waals surface area (Å²) >= 11 is 1.46. The molecule has 1 atom stereocenters. The van der Waals surface area contributed by atoms with Crippen LogP contribution in [0, 0.1) is 6.92 Å². The van der Waals surface area contributed by atoms with Crippen molar-refractivity contribution in [2.24, 2.45) is 4.99 Å². The fraction of sp³-hybridized carbons (Fsp3) is 0.333. The number of carbonyl (C=O) groups is 3. The topological polar surface area (TPSA) is 82.5 Å². The molecule has 8 nitrogen and oxygen atoms in total. The Morgan fingerprint density at radius 2 is 1.62 bits per heavy atom. The van der Waals surface area contributed by atoms with Gasteiger partial charge in [-0.3, -0.25) is 9.59 Å². The molecule has 0 unspecified atom stereocenters. The van der Waals surface area contributed by atoms with Gasteiger partial charge in [0.15, 0.2) is 5.17 Å². The Morgan fingerprint density at radius 3 is 2.31 bits per heavy atom. The summed E-state index contributed by atoms with van der Waals surface area (Å²) in [4.78, 5) is 49.0. The second-order valence-electron chi connectivity index (χ2n) is 9.87. The van der Waals surface area contributed by atoms with E-state index in [4.69, 9.17) is 9.73 Å². The van der Waals surface area contributed by atoms with E-state index in [1.165, 1.54) is 11.8 Å². The molecule has 3 aliphatic rings. The number of aliphatic imine (C=N–C) groups is 1. The molecule has 0 radical (unpaired) electrons. The zero-order chi connectivity index (χ0) is 27.5. The summed E-state index contributed by atoms with van der Waals surface area (Å²) in [7, 11) is 0. The average Bonchev–Trinajstić information content (AvgIpc) is 3.33. The van der Waals surface area contributed by atoms with E-state index in [1.54, 1.807) is 11.8 Å². The predicted molar refractivity (Wildman–Crippen MR) is 151 cm³/mol. The Bertz CT molecular complexity index is 1380. The lowest BCUT2D eigenvalue weighted by Crippen LogP contribution is -2.50. The number of carbonyl (C=O) groups excluding carboxylic acids is 3. The lowest BCUT2D eigenvalue weighted by molar-refractivity contribution is -0.141. The molecular weight excluding hydrogens is 512 g/mol. The Balaban J connectivity index is 1.41. The summed E-state index contributed by atoms with van der Waals surface area (Å²) in [6, 6.07) is 17.1. The van der Waals surface area contributed by atoms with Gasteiger partial charge in [-0.2, -0.15) is 0 Å². The van der Waals surface area contributed by atoms with E-state index in [2.05, 4.69) is 0 Å². The summed E-state index contributed by atoms with van der Waals surface area (Å²) < 4.78 is 5.79. The lowest BCUT2D eigenvalue weighted by Gasteiger charge is -2.38. The molecule has 1 fully saturated rings. The molecule has 3 aliphatic heterocycles. The number of esters is 1. The van der Waals surface area contributed by atoms with Crippen LogP contribution in [0.4, 0.5) is 0 Å². The van der Waals surface area contributed by atoms with Crippen molar-refractivity contribution in [1.82, 2.24) is 14.7 Å². The first-order valence-electron chi connectivity index (χ1n) is 13.1.